The number of nitrogens with one attached hydrogen (secondary N) is 1. The lowest BCUT2D eigenvalue weighted by molar-refractivity contribution is -0.140. The molecule has 1 fully saturated rings. The third-order valence-corrected chi connectivity index (χ3v) is 3.67. The van der Waals surface area contributed by atoms with Crippen molar-refractivity contribution in [2.24, 2.45) is 0 Å². The Hall–Kier alpha value is -1.14. The first-order valence-corrected chi connectivity index (χ1v) is 7.01. The number of carbonyl (C=O) groups excluding carboxylic acids is 1. The van der Waals surface area contributed by atoms with Crippen molar-refractivity contribution in [1.82, 2.24) is 4.98 Å². The van der Waals surface area contributed by atoms with Crippen LogP contribution < -0.4 is 5.32 Å². The van der Waals surface area contributed by atoms with Crippen molar-refractivity contribution in [3.63, 3.8) is 0 Å². The molecule has 0 saturated carbocycles. The van der Waals surface area contributed by atoms with Gasteiger partial charge in [0.2, 0.25) is 0 Å². The molecule has 2 heterocycles. The smallest absolute Gasteiger partial charge is 0.305 e. The molecule has 1 aliphatic heterocycles. The Kier molecular flexibility index (Phi) is 4.95. The molecule has 0 amide bonds. The van der Waals surface area contributed by atoms with Crippen LogP contribution in [0.4, 0.5) is 5.13 Å². The van der Waals surface area contributed by atoms with Crippen LogP contribution in [0.15, 0.2) is 5.38 Å². The number of nitrogens with zero attached hydrogens (tertiary/aromatic N) is 1. The zero-order chi connectivity index (χ0) is 12.8. The van der Waals surface area contributed by atoms with Crippen molar-refractivity contribution < 1.29 is 14.3 Å². The molecule has 0 spiro atoms. The van der Waals surface area contributed by atoms with E-state index in [2.05, 4.69) is 15.0 Å². The fraction of sp³-hybridized carbons (Fsp3) is 0.667. The highest BCUT2D eigenvalue weighted by Gasteiger charge is 2.15. The summed E-state index contributed by atoms with van der Waals surface area (Å²) in [5.41, 5.74) is 0.935. The molecule has 2 rings (SSSR count). The number of thiazole rings is 1. The van der Waals surface area contributed by atoms with Gasteiger partial charge in [0, 0.05) is 18.4 Å². The van der Waals surface area contributed by atoms with Crippen molar-refractivity contribution in [3.05, 3.63) is 11.1 Å². The maximum atomic E-state index is 11.0. The molecule has 1 aromatic rings. The Morgan fingerprint density at radius 1 is 1.72 bits per heavy atom. The second kappa shape index (κ2) is 6.70. The first-order valence-electron chi connectivity index (χ1n) is 6.13. The van der Waals surface area contributed by atoms with Crippen LogP contribution in [-0.4, -0.2) is 37.3 Å². The summed E-state index contributed by atoms with van der Waals surface area (Å²) in [6.07, 6.45) is 3.23. The number of esters is 1. The quantitative estimate of drug-likeness (QED) is 0.827. The molecule has 1 atom stereocenters. The molecule has 6 heteroatoms. The highest BCUT2D eigenvalue weighted by atomic mass is 32.1. The summed E-state index contributed by atoms with van der Waals surface area (Å²) in [5, 5.41) is 6.26. The molecular weight excluding hydrogens is 252 g/mol. The maximum Gasteiger partial charge on any atom is 0.305 e. The maximum absolute atomic E-state index is 11.0. The molecule has 0 radical (unpaired) electrons. The van der Waals surface area contributed by atoms with E-state index in [0.29, 0.717) is 18.9 Å². The van der Waals surface area contributed by atoms with Crippen LogP contribution in [-0.2, 0) is 20.7 Å². The van der Waals surface area contributed by atoms with Crippen LogP contribution in [0.25, 0.3) is 0 Å². The predicted octanol–water partition coefficient (Wildman–Crippen LogP) is 1.84. The summed E-state index contributed by atoms with van der Waals surface area (Å²) in [6.45, 7) is 1.61. The van der Waals surface area contributed by atoms with Crippen LogP contribution >= 0.6 is 11.3 Å². The van der Waals surface area contributed by atoms with Crippen molar-refractivity contribution >= 4 is 22.4 Å². The monoisotopic (exact) mass is 270 g/mol. The van der Waals surface area contributed by atoms with Crippen molar-refractivity contribution in [1.29, 1.82) is 0 Å². The van der Waals surface area contributed by atoms with Gasteiger partial charge in [0.05, 0.1) is 31.9 Å². The van der Waals surface area contributed by atoms with Crippen molar-refractivity contribution in [3.8, 4) is 0 Å². The highest BCUT2D eigenvalue weighted by Crippen LogP contribution is 2.20. The van der Waals surface area contributed by atoms with Gasteiger partial charge in [-0.3, -0.25) is 4.79 Å². The normalized spacial score (nSPS) is 19.5. The third-order valence-electron chi connectivity index (χ3n) is 2.85. The minimum atomic E-state index is -0.196. The minimum Gasteiger partial charge on any atom is -0.469 e. The summed E-state index contributed by atoms with van der Waals surface area (Å²) in [4.78, 5) is 15.5. The van der Waals surface area contributed by atoms with E-state index >= 15 is 0 Å². The largest absolute Gasteiger partial charge is 0.469 e. The molecule has 0 aromatic carbocycles. The molecule has 1 unspecified atom stereocenters. The van der Waals surface area contributed by atoms with Gasteiger partial charge < -0.3 is 14.8 Å². The van der Waals surface area contributed by atoms with Crippen molar-refractivity contribution in [2.45, 2.75) is 31.7 Å². The Balaban J connectivity index is 1.80. The van der Waals surface area contributed by atoms with Crippen LogP contribution in [0, 0.1) is 0 Å². The van der Waals surface area contributed by atoms with Gasteiger partial charge in [0.1, 0.15) is 0 Å². The molecular formula is C12H18N2O3S. The molecule has 18 heavy (non-hydrogen) atoms. The average Bonchev–Trinajstić information content (AvgIpc) is 2.85. The molecule has 5 nitrogen and oxygen atoms in total. The lowest BCUT2D eigenvalue weighted by Gasteiger charge is -2.22. The van der Waals surface area contributed by atoms with Gasteiger partial charge in [-0.25, -0.2) is 4.98 Å². The second-order valence-corrected chi connectivity index (χ2v) is 5.14. The first kappa shape index (κ1) is 13.3. The zero-order valence-corrected chi connectivity index (χ0v) is 11.3. The number of aryl methyl sites for hydroxylation is 1. The molecule has 1 aromatic heterocycles. The van der Waals surface area contributed by atoms with Gasteiger partial charge in [-0.1, -0.05) is 0 Å². The number of carbonyl (C=O) groups is 1. The summed E-state index contributed by atoms with van der Waals surface area (Å²) in [6, 6.07) is 0.360. The summed E-state index contributed by atoms with van der Waals surface area (Å²) < 4.78 is 10.0. The number of anilines is 1. The van der Waals surface area contributed by atoms with Gasteiger partial charge in [-0.05, 0) is 12.8 Å². The number of rotatable bonds is 5. The minimum absolute atomic E-state index is 0.196. The fourth-order valence-electron chi connectivity index (χ4n) is 1.85. The highest BCUT2D eigenvalue weighted by molar-refractivity contribution is 7.13. The summed E-state index contributed by atoms with van der Waals surface area (Å²) in [5.74, 6) is -0.196. The van der Waals surface area contributed by atoms with Crippen LogP contribution in [0.2, 0.25) is 0 Å². The van der Waals surface area contributed by atoms with Gasteiger partial charge >= 0.3 is 5.97 Å². The van der Waals surface area contributed by atoms with Gasteiger partial charge in [-0.15, -0.1) is 11.3 Å². The summed E-state index contributed by atoms with van der Waals surface area (Å²) in [7, 11) is 1.40. The Morgan fingerprint density at radius 2 is 2.61 bits per heavy atom. The number of hydrogen-bond acceptors (Lipinski definition) is 6. The zero-order valence-electron chi connectivity index (χ0n) is 10.5. The van der Waals surface area contributed by atoms with Crippen molar-refractivity contribution in [2.75, 3.05) is 25.6 Å². The Bertz CT molecular complexity index is 388. The van der Waals surface area contributed by atoms with E-state index in [9.17, 15) is 4.79 Å². The first-order chi connectivity index (χ1) is 8.78. The lowest BCUT2D eigenvalue weighted by atomic mass is 10.1. The summed E-state index contributed by atoms with van der Waals surface area (Å²) >= 11 is 1.57. The van der Waals surface area contributed by atoms with E-state index in [-0.39, 0.29) is 5.97 Å². The Labute approximate surface area is 111 Å². The van der Waals surface area contributed by atoms with E-state index in [4.69, 9.17) is 4.74 Å². The number of hydrogen-bond donors (Lipinski definition) is 1. The molecule has 0 aliphatic carbocycles. The van der Waals surface area contributed by atoms with Crippen LogP contribution in [0.3, 0.4) is 0 Å². The molecule has 0 bridgehead atoms. The molecule has 100 valence electrons. The molecule has 1 aliphatic rings. The molecule has 1 N–H and O–H groups in total. The van der Waals surface area contributed by atoms with Gasteiger partial charge in [-0.2, -0.15) is 0 Å². The SMILES string of the molecule is COC(=O)CCc1csc(NC2CCCOC2)n1. The predicted molar refractivity (Wildman–Crippen MR) is 69.9 cm³/mol. The van der Waals surface area contributed by atoms with E-state index in [1.54, 1.807) is 11.3 Å². The second-order valence-electron chi connectivity index (χ2n) is 4.28. The van der Waals surface area contributed by atoms with E-state index in [1.165, 1.54) is 7.11 Å². The number of methoxy groups -OCH3 is 1. The topological polar surface area (TPSA) is 60.5 Å². The molecule has 1 saturated heterocycles. The van der Waals surface area contributed by atoms with E-state index in [0.717, 1.165) is 36.9 Å². The average molecular weight is 270 g/mol. The number of aromatic nitrogens is 1. The van der Waals surface area contributed by atoms with E-state index < -0.39 is 0 Å². The third kappa shape index (κ3) is 3.96. The number of ether oxygens (including phenoxy) is 2. The standard InChI is InChI=1S/C12H18N2O3S/c1-16-11(15)5-4-10-8-18-12(14-10)13-9-3-2-6-17-7-9/h8-9H,2-7H2,1H3,(H,13,14). The van der Waals surface area contributed by atoms with Crippen LogP contribution in [0.5, 0.6) is 0 Å². The fourth-order valence-corrected chi connectivity index (χ4v) is 2.67. The van der Waals surface area contributed by atoms with Crippen LogP contribution in [0.1, 0.15) is 25.0 Å². The van der Waals surface area contributed by atoms with E-state index in [1.807, 2.05) is 5.38 Å². The van der Waals surface area contributed by atoms with Gasteiger partial charge in [0.25, 0.3) is 0 Å². The Morgan fingerprint density at radius 3 is 3.33 bits per heavy atom. The lowest BCUT2D eigenvalue weighted by Crippen LogP contribution is -2.29. The van der Waals surface area contributed by atoms with Gasteiger partial charge in [0.15, 0.2) is 5.13 Å².